The van der Waals surface area contributed by atoms with E-state index in [0.717, 1.165) is 0 Å². The van der Waals surface area contributed by atoms with Gasteiger partial charge in [0, 0.05) is 0 Å². The molecule has 3 rings (SSSR count). The third kappa shape index (κ3) is 1.88. The van der Waals surface area contributed by atoms with Crippen molar-refractivity contribution in [3.8, 4) is 11.4 Å². The van der Waals surface area contributed by atoms with Crippen LogP contribution in [0.3, 0.4) is 0 Å². The van der Waals surface area contributed by atoms with Crippen LogP contribution in [0, 0.1) is 0 Å². The molecule has 0 saturated heterocycles. The van der Waals surface area contributed by atoms with Crippen LogP contribution in [0.1, 0.15) is 36.2 Å². The van der Waals surface area contributed by atoms with Crippen molar-refractivity contribution in [1.29, 1.82) is 0 Å². The molecule has 0 bridgehead atoms. The Morgan fingerprint density at radius 1 is 1.41 bits per heavy atom. The maximum Gasteiger partial charge on any atom is 0.424 e. The van der Waals surface area contributed by atoms with Crippen LogP contribution >= 0.6 is 0 Å². The molecule has 0 saturated carbocycles. The first-order chi connectivity index (χ1) is 10.2. The molecule has 0 spiro atoms. The largest absolute Gasteiger partial charge is 0.424 e. The minimum atomic E-state index is -4.85. The lowest BCUT2D eigenvalue weighted by atomic mass is 10.0. The number of hydrogen-bond acceptors (Lipinski definition) is 4. The van der Waals surface area contributed by atoms with Crippen LogP contribution in [0.15, 0.2) is 12.3 Å². The Labute approximate surface area is 123 Å². The van der Waals surface area contributed by atoms with Gasteiger partial charge in [-0.2, -0.15) is 18.3 Å². The average Bonchev–Trinajstić information content (AvgIpc) is 3.00. The molecule has 1 unspecified atom stereocenters. The van der Waals surface area contributed by atoms with Crippen molar-refractivity contribution in [3.63, 3.8) is 0 Å². The van der Waals surface area contributed by atoms with Crippen molar-refractivity contribution in [2.45, 2.75) is 38.2 Å². The number of carbonyl (C=O) groups is 1. The molecule has 0 radical (unpaired) electrons. The van der Waals surface area contributed by atoms with Crippen LogP contribution in [0.4, 0.5) is 13.2 Å². The zero-order valence-electron chi connectivity index (χ0n) is 11.8. The summed E-state index contributed by atoms with van der Waals surface area (Å²) in [5.74, 6) is -0.470. The Kier molecular flexibility index (Phi) is 2.96. The molecular formula is C13H13F3N4O2. The average molecular weight is 314 g/mol. The lowest BCUT2D eigenvalue weighted by molar-refractivity contribution is -0.262. The van der Waals surface area contributed by atoms with E-state index in [9.17, 15) is 23.1 Å². The molecule has 118 valence electrons. The van der Waals surface area contributed by atoms with E-state index in [2.05, 4.69) is 10.1 Å². The van der Waals surface area contributed by atoms with E-state index < -0.39 is 23.6 Å². The van der Waals surface area contributed by atoms with Gasteiger partial charge in [0.25, 0.3) is 0 Å². The van der Waals surface area contributed by atoms with Crippen LogP contribution in [-0.2, 0) is 12.1 Å². The summed E-state index contributed by atoms with van der Waals surface area (Å²) in [6.07, 6.45) is -3.02. The molecule has 0 aliphatic carbocycles. The lowest BCUT2D eigenvalue weighted by Gasteiger charge is -2.31. The van der Waals surface area contributed by atoms with Gasteiger partial charge in [-0.25, -0.2) is 4.98 Å². The summed E-state index contributed by atoms with van der Waals surface area (Å²) >= 11 is 0. The molecule has 0 aromatic carbocycles. The topological polar surface area (TPSA) is 72.9 Å². The second-order valence-corrected chi connectivity index (χ2v) is 5.51. The number of rotatable bonds is 2. The monoisotopic (exact) mass is 314 g/mol. The summed E-state index contributed by atoms with van der Waals surface area (Å²) in [5.41, 5.74) is -1.98. The van der Waals surface area contributed by atoms with E-state index in [1.807, 2.05) is 0 Å². The summed E-state index contributed by atoms with van der Waals surface area (Å²) in [4.78, 5) is 14.6. The van der Waals surface area contributed by atoms with Crippen molar-refractivity contribution in [3.05, 3.63) is 23.8 Å². The molecule has 6 nitrogen and oxygen atoms in total. The molecular weight excluding hydrogens is 301 g/mol. The summed E-state index contributed by atoms with van der Waals surface area (Å²) in [7, 11) is 0. The van der Waals surface area contributed by atoms with Gasteiger partial charge in [-0.15, -0.1) is 0 Å². The Balaban J connectivity index is 2.20. The zero-order chi connectivity index (χ0) is 16.3. The van der Waals surface area contributed by atoms with Crippen LogP contribution in [0.5, 0.6) is 0 Å². The number of fused-ring (bicyclic) bond motifs is 3. The molecule has 1 aliphatic rings. The second-order valence-electron chi connectivity index (χ2n) is 5.51. The minimum Gasteiger partial charge on any atom is -0.374 e. The van der Waals surface area contributed by atoms with Gasteiger partial charge in [0.2, 0.25) is 5.60 Å². The molecule has 0 fully saturated rings. The number of hydrogen-bond donors (Lipinski definition) is 1. The molecule has 2 aromatic rings. The fourth-order valence-electron chi connectivity index (χ4n) is 2.66. The van der Waals surface area contributed by atoms with E-state index in [4.69, 9.17) is 0 Å². The van der Waals surface area contributed by atoms with Crippen molar-refractivity contribution in [2.24, 2.45) is 0 Å². The predicted octanol–water partition coefficient (Wildman–Crippen LogP) is 1.90. The number of imidazole rings is 1. The Hall–Kier alpha value is -2.16. The van der Waals surface area contributed by atoms with Gasteiger partial charge in [-0.1, -0.05) is 0 Å². The fraction of sp³-hybridized carbons (Fsp3) is 0.462. The molecule has 0 amide bonds. The van der Waals surface area contributed by atoms with Gasteiger partial charge >= 0.3 is 6.18 Å². The summed E-state index contributed by atoms with van der Waals surface area (Å²) in [6.45, 7) is 2.66. The van der Waals surface area contributed by atoms with Gasteiger partial charge in [0.05, 0.1) is 30.2 Å². The van der Waals surface area contributed by atoms with Crippen LogP contribution in [0.25, 0.3) is 11.4 Å². The van der Waals surface area contributed by atoms with Gasteiger partial charge in [0.15, 0.2) is 12.1 Å². The number of nitrogens with zero attached hydrogens (tertiary/aromatic N) is 4. The third-order valence-electron chi connectivity index (χ3n) is 3.84. The predicted molar refractivity (Wildman–Crippen MR) is 69.2 cm³/mol. The van der Waals surface area contributed by atoms with Crippen molar-refractivity contribution >= 4 is 6.29 Å². The number of aldehydes is 1. The van der Waals surface area contributed by atoms with Crippen LogP contribution in [-0.4, -0.2) is 36.9 Å². The van der Waals surface area contributed by atoms with Gasteiger partial charge in [-0.3, -0.25) is 9.48 Å². The standard InChI is InChI=1S/C13H13F3N4O2/c1-7-5-19-9(3-8(6-21)18-19)10-4-17-11(20(7)10)12(2,22)13(14,15)16/h3-4,6-7,22H,5H2,1-2H3/t7-,12?/m0/s1. The molecule has 1 aliphatic heterocycles. The maximum atomic E-state index is 13.1. The highest BCUT2D eigenvalue weighted by atomic mass is 19.4. The third-order valence-corrected chi connectivity index (χ3v) is 3.84. The summed E-state index contributed by atoms with van der Waals surface area (Å²) in [6, 6.07) is 1.09. The highest BCUT2D eigenvalue weighted by molar-refractivity contribution is 5.75. The van der Waals surface area contributed by atoms with Gasteiger partial charge in [0.1, 0.15) is 5.69 Å². The van der Waals surface area contributed by atoms with Crippen LogP contribution in [0.2, 0.25) is 0 Å². The molecule has 22 heavy (non-hydrogen) atoms. The number of aliphatic hydroxyl groups is 1. The summed E-state index contributed by atoms with van der Waals surface area (Å²) < 4.78 is 42.1. The normalized spacial score (nSPS) is 20.2. The number of carbonyl (C=O) groups excluding carboxylic acids is 1. The number of aromatic nitrogens is 4. The molecule has 2 aromatic heterocycles. The first-order valence-corrected chi connectivity index (χ1v) is 6.57. The molecule has 1 N–H and O–H groups in total. The van der Waals surface area contributed by atoms with E-state index in [1.165, 1.54) is 16.8 Å². The number of halogens is 3. The maximum absolute atomic E-state index is 13.1. The first-order valence-electron chi connectivity index (χ1n) is 6.57. The Morgan fingerprint density at radius 3 is 2.68 bits per heavy atom. The Bertz CT molecular complexity index is 745. The van der Waals surface area contributed by atoms with Crippen LogP contribution < -0.4 is 0 Å². The van der Waals surface area contributed by atoms with Crippen molar-refractivity contribution < 1.29 is 23.1 Å². The quantitative estimate of drug-likeness (QED) is 0.859. The summed E-state index contributed by atoms with van der Waals surface area (Å²) in [5, 5.41) is 14.0. The smallest absolute Gasteiger partial charge is 0.374 e. The Morgan fingerprint density at radius 2 is 2.09 bits per heavy atom. The van der Waals surface area contributed by atoms with E-state index in [-0.39, 0.29) is 12.2 Å². The van der Waals surface area contributed by atoms with Gasteiger partial charge < -0.3 is 9.67 Å². The molecule has 9 heteroatoms. The van der Waals surface area contributed by atoms with Gasteiger partial charge in [-0.05, 0) is 19.9 Å². The van der Waals surface area contributed by atoms with E-state index >= 15 is 0 Å². The molecule has 2 atom stereocenters. The fourth-order valence-corrected chi connectivity index (χ4v) is 2.66. The SMILES string of the molecule is C[C@H]1Cn2nc(C=O)cc2-c2cnc(C(C)(O)C(F)(F)F)n21. The van der Waals surface area contributed by atoms with Crippen molar-refractivity contribution in [2.75, 3.05) is 0 Å². The number of alkyl halides is 3. The second kappa shape index (κ2) is 4.42. The highest BCUT2D eigenvalue weighted by Gasteiger charge is 2.55. The van der Waals surface area contributed by atoms with E-state index in [1.54, 1.807) is 11.6 Å². The molecule has 3 heterocycles. The van der Waals surface area contributed by atoms with Crippen molar-refractivity contribution in [1.82, 2.24) is 19.3 Å². The zero-order valence-corrected chi connectivity index (χ0v) is 11.8. The van der Waals surface area contributed by atoms with E-state index in [0.29, 0.717) is 24.6 Å². The minimum absolute atomic E-state index is 0.195. The lowest BCUT2D eigenvalue weighted by Crippen LogP contribution is -2.42. The highest BCUT2D eigenvalue weighted by Crippen LogP contribution is 2.41. The first kappa shape index (κ1) is 14.8.